The molecule has 2 aromatic rings. The van der Waals surface area contributed by atoms with E-state index in [9.17, 15) is 22.8 Å². The highest BCUT2D eigenvalue weighted by molar-refractivity contribution is 6.01. The van der Waals surface area contributed by atoms with Crippen molar-refractivity contribution >= 4 is 23.3 Å². The Hall–Kier alpha value is -3.10. The predicted molar refractivity (Wildman–Crippen MR) is 114 cm³/mol. The molecule has 4 rings (SSSR count). The monoisotopic (exact) mass is 446 g/mol. The van der Waals surface area contributed by atoms with Gasteiger partial charge in [-0.1, -0.05) is 12.1 Å². The van der Waals surface area contributed by atoms with Crippen LogP contribution in [0.25, 0.3) is 0 Å². The maximum Gasteiger partial charge on any atom is 0.417 e. The van der Waals surface area contributed by atoms with E-state index in [0.717, 1.165) is 29.1 Å². The molecule has 1 atom stereocenters. The Kier molecular flexibility index (Phi) is 5.83. The van der Waals surface area contributed by atoms with Gasteiger partial charge >= 0.3 is 6.18 Å². The minimum Gasteiger partial charge on any atom is -0.353 e. The van der Waals surface area contributed by atoms with Crippen LogP contribution in [0, 0.1) is 19.8 Å². The number of halogens is 3. The van der Waals surface area contributed by atoms with E-state index in [4.69, 9.17) is 0 Å². The van der Waals surface area contributed by atoms with E-state index in [-0.39, 0.29) is 18.2 Å². The Morgan fingerprint density at radius 1 is 1.06 bits per heavy atom. The summed E-state index contributed by atoms with van der Waals surface area (Å²) in [6.07, 6.45) is -3.40. The molecule has 6 nitrogen and oxygen atoms in total. The highest BCUT2D eigenvalue weighted by atomic mass is 19.4. The van der Waals surface area contributed by atoms with Crippen molar-refractivity contribution in [3.63, 3.8) is 0 Å². The molecule has 3 heterocycles. The molecule has 0 saturated carbocycles. The molecule has 1 aromatic carbocycles. The first-order valence-corrected chi connectivity index (χ1v) is 10.6. The minimum absolute atomic E-state index is 0.0498. The maximum absolute atomic E-state index is 13.1. The molecule has 2 saturated heterocycles. The zero-order valence-electron chi connectivity index (χ0n) is 18.0. The summed E-state index contributed by atoms with van der Waals surface area (Å²) in [7, 11) is 0. The van der Waals surface area contributed by atoms with Crippen LogP contribution in [0.5, 0.6) is 0 Å². The lowest BCUT2D eigenvalue weighted by Gasteiger charge is -2.36. The number of hydrogen-bond acceptors (Lipinski definition) is 4. The number of anilines is 2. The van der Waals surface area contributed by atoms with Crippen molar-refractivity contribution in [3.05, 3.63) is 53.2 Å². The van der Waals surface area contributed by atoms with Crippen LogP contribution in [0.2, 0.25) is 0 Å². The lowest BCUT2D eigenvalue weighted by atomic mass is 10.1. The van der Waals surface area contributed by atoms with Crippen molar-refractivity contribution in [3.8, 4) is 0 Å². The zero-order chi connectivity index (χ0) is 23.0. The Morgan fingerprint density at radius 2 is 1.78 bits per heavy atom. The molecule has 2 aliphatic rings. The van der Waals surface area contributed by atoms with Gasteiger partial charge in [-0.05, 0) is 43.2 Å². The fourth-order valence-corrected chi connectivity index (χ4v) is 4.29. The number of alkyl halides is 3. The zero-order valence-corrected chi connectivity index (χ0v) is 18.0. The molecule has 2 amide bonds. The third-order valence-electron chi connectivity index (χ3n) is 6.33. The fraction of sp³-hybridized carbons (Fsp3) is 0.435. The van der Waals surface area contributed by atoms with Crippen LogP contribution in [0.4, 0.5) is 24.7 Å². The van der Waals surface area contributed by atoms with Gasteiger partial charge < -0.3 is 14.7 Å². The molecular weight excluding hydrogens is 421 g/mol. The number of aromatic nitrogens is 1. The number of aryl methyl sites for hydroxylation is 1. The normalized spacial score (nSPS) is 19.6. The first-order valence-electron chi connectivity index (χ1n) is 10.6. The number of carbonyl (C=O) groups is 2. The number of nitrogens with zero attached hydrogens (tertiary/aromatic N) is 4. The Balaban J connectivity index is 1.36. The van der Waals surface area contributed by atoms with Crippen molar-refractivity contribution in [2.24, 2.45) is 5.92 Å². The third kappa shape index (κ3) is 4.28. The van der Waals surface area contributed by atoms with Gasteiger partial charge in [0.25, 0.3) is 0 Å². The van der Waals surface area contributed by atoms with Crippen molar-refractivity contribution < 1.29 is 22.8 Å². The topological polar surface area (TPSA) is 56.8 Å². The molecular formula is C23H25F3N4O2. The van der Waals surface area contributed by atoms with Gasteiger partial charge in [0.1, 0.15) is 5.82 Å². The molecule has 2 fully saturated rings. The number of amides is 2. The van der Waals surface area contributed by atoms with Crippen molar-refractivity contribution in [1.82, 2.24) is 9.88 Å². The Morgan fingerprint density at radius 3 is 2.41 bits per heavy atom. The summed E-state index contributed by atoms with van der Waals surface area (Å²) in [4.78, 5) is 34.9. The predicted octanol–water partition coefficient (Wildman–Crippen LogP) is 3.42. The molecule has 0 spiro atoms. The molecule has 9 heteroatoms. The van der Waals surface area contributed by atoms with E-state index in [1.54, 1.807) is 9.80 Å². The summed E-state index contributed by atoms with van der Waals surface area (Å²) in [5.41, 5.74) is 2.20. The van der Waals surface area contributed by atoms with Gasteiger partial charge in [-0.2, -0.15) is 13.2 Å². The van der Waals surface area contributed by atoms with Gasteiger partial charge in [0.2, 0.25) is 11.8 Å². The van der Waals surface area contributed by atoms with E-state index >= 15 is 0 Å². The summed E-state index contributed by atoms with van der Waals surface area (Å²) in [5.74, 6) is -0.0313. The first kappa shape index (κ1) is 22.1. The maximum atomic E-state index is 13.1. The number of rotatable bonds is 3. The summed E-state index contributed by atoms with van der Waals surface area (Å²) < 4.78 is 38.2. The lowest BCUT2D eigenvalue weighted by Crippen LogP contribution is -2.51. The summed E-state index contributed by atoms with van der Waals surface area (Å²) in [6.45, 7) is 6.17. The molecule has 2 aliphatic heterocycles. The summed E-state index contributed by atoms with van der Waals surface area (Å²) in [5, 5.41) is 0. The lowest BCUT2D eigenvalue weighted by molar-refractivity contribution is -0.138. The van der Waals surface area contributed by atoms with E-state index < -0.39 is 17.7 Å². The third-order valence-corrected chi connectivity index (χ3v) is 6.33. The molecule has 32 heavy (non-hydrogen) atoms. The van der Waals surface area contributed by atoms with Gasteiger partial charge in [0.05, 0.1) is 11.5 Å². The highest BCUT2D eigenvalue weighted by Crippen LogP contribution is 2.31. The van der Waals surface area contributed by atoms with Crippen molar-refractivity contribution in [1.29, 1.82) is 0 Å². The van der Waals surface area contributed by atoms with E-state index in [1.165, 1.54) is 6.07 Å². The molecule has 0 aliphatic carbocycles. The van der Waals surface area contributed by atoms with E-state index in [2.05, 4.69) is 4.98 Å². The van der Waals surface area contributed by atoms with Crippen LogP contribution in [0.1, 0.15) is 23.1 Å². The SMILES string of the molecule is Cc1cccc(N2CC(C(=O)N3CCN(c4ccc(C(F)(F)F)cn4)CC3)CC2=O)c1C. The first-order chi connectivity index (χ1) is 15.1. The Bertz CT molecular complexity index is 1010. The second-order valence-electron chi connectivity index (χ2n) is 8.34. The van der Waals surface area contributed by atoms with Crippen LogP contribution in [0.3, 0.4) is 0 Å². The number of benzene rings is 1. The van der Waals surface area contributed by atoms with Crippen LogP contribution >= 0.6 is 0 Å². The fourth-order valence-electron chi connectivity index (χ4n) is 4.29. The van der Waals surface area contributed by atoms with Crippen LogP contribution < -0.4 is 9.80 Å². The Labute approximate surface area is 184 Å². The molecule has 1 aromatic heterocycles. The molecule has 170 valence electrons. The van der Waals surface area contributed by atoms with Gasteiger partial charge in [-0.25, -0.2) is 4.98 Å². The molecule has 0 N–H and O–H groups in total. The van der Waals surface area contributed by atoms with E-state index in [1.807, 2.05) is 36.9 Å². The van der Waals surface area contributed by atoms with Gasteiger partial charge in [0, 0.05) is 51.0 Å². The number of pyridine rings is 1. The number of carbonyl (C=O) groups excluding carboxylic acids is 2. The smallest absolute Gasteiger partial charge is 0.353 e. The summed E-state index contributed by atoms with van der Waals surface area (Å²) >= 11 is 0. The average molecular weight is 446 g/mol. The molecule has 1 unspecified atom stereocenters. The second-order valence-corrected chi connectivity index (χ2v) is 8.34. The van der Waals surface area contributed by atoms with Crippen LogP contribution in [0.15, 0.2) is 36.5 Å². The summed E-state index contributed by atoms with van der Waals surface area (Å²) in [6, 6.07) is 8.19. The minimum atomic E-state index is -4.42. The molecule has 0 radical (unpaired) electrons. The largest absolute Gasteiger partial charge is 0.417 e. The van der Waals surface area contributed by atoms with Gasteiger partial charge in [-0.3, -0.25) is 9.59 Å². The average Bonchev–Trinajstić information content (AvgIpc) is 3.16. The van der Waals surface area contributed by atoms with Crippen LogP contribution in [-0.4, -0.2) is 54.4 Å². The van der Waals surface area contributed by atoms with Gasteiger partial charge in [0.15, 0.2) is 0 Å². The molecule has 0 bridgehead atoms. The highest BCUT2D eigenvalue weighted by Gasteiger charge is 2.38. The number of hydrogen-bond donors (Lipinski definition) is 0. The van der Waals surface area contributed by atoms with Crippen LogP contribution in [-0.2, 0) is 15.8 Å². The second kappa shape index (κ2) is 8.44. The quantitative estimate of drug-likeness (QED) is 0.725. The standard InChI is InChI=1S/C23H25F3N4O2/c1-15-4-3-5-19(16(15)2)30-14-17(12-21(30)31)22(32)29-10-8-28(9-11-29)20-7-6-18(13-27-20)23(24,25)26/h3-7,13,17H,8-12,14H2,1-2H3. The van der Waals surface area contributed by atoms with Gasteiger partial charge in [-0.15, -0.1) is 0 Å². The van der Waals surface area contributed by atoms with Crippen molar-refractivity contribution in [2.45, 2.75) is 26.4 Å². The van der Waals surface area contributed by atoms with Crippen molar-refractivity contribution in [2.75, 3.05) is 42.5 Å². The number of piperazine rings is 1. The van der Waals surface area contributed by atoms with E-state index in [0.29, 0.717) is 38.5 Å².